The molecule has 0 aliphatic heterocycles. The molecule has 0 unspecified atom stereocenters. The maximum atomic E-state index is 11.9. The number of hydrogen-bond acceptors (Lipinski definition) is 2. The zero-order chi connectivity index (χ0) is 14.5. The van der Waals surface area contributed by atoms with E-state index >= 15 is 0 Å². The van der Waals surface area contributed by atoms with Crippen LogP contribution in [0.25, 0.3) is 0 Å². The predicted molar refractivity (Wildman–Crippen MR) is 70.3 cm³/mol. The average Bonchev–Trinajstić information content (AvgIpc) is 2.30. The first-order valence-corrected chi connectivity index (χ1v) is 6.80. The van der Waals surface area contributed by atoms with Gasteiger partial charge in [-0.1, -0.05) is 6.07 Å². The molecule has 1 N–H and O–H groups in total. The van der Waals surface area contributed by atoms with E-state index in [2.05, 4.69) is 0 Å². The van der Waals surface area contributed by atoms with E-state index in [9.17, 15) is 18.0 Å². The minimum Gasteiger partial charge on any atom is -0.347 e. The number of alkyl halides is 3. The Bertz CT molecular complexity index is 446. The fourth-order valence-electron chi connectivity index (χ4n) is 1.35. The van der Waals surface area contributed by atoms with Crippen molar-refractivity contribution in [1.29, 1.82) is 0 Å². The molecule has 0 aliphatic carbocycles. The van der Waals surface area contributed by atoms with E-state index in [4.69, 9.17) is 0 Å². The van der Waals surface area contributed by atoms with Gasteiger partial charge in [0.05, 0.1) is 0 Å². The zero-order valence-corrected chi connectivity index (χ0v) is 11.6. The zero-order valence-electron chi connectivity index (χ0n) is 10.8. The summed E-state index contributed by atoms with van der Waals surface area (Å²) in [7, 11) is 0. The lowest BCUT2D eigenvalue weighted by Crippen LogP contribution is -2.33. The average molecular weight is 291 g/mol. The molecule has 0 aliphatic rings. The molecule has 0 saturated heterocycles. The van der Waals surface area contributed by atoms with Crippen LogP contribution in [0, 0.1) is 13.8 Å². The second-order valence-corrected chi connectivity index (χ2v) is 5.40. The summed E-state index contributed by atoms with van der Waals surface area (Å²) in [6.45, 7) is 2.74. The summed E-state index contributed by atoms with van der Waals surface area (Å²) in [6, 6.07) is 5.94. The van der Waals surface area contributed by atoms with Gasteiger partial charge >= 0.3 is 6.18 Å². The number of carbonyl (C=O) groups excluding carboxylic acids is 1. The smallest absolute Gasteiger partial charge is 0.347 e. The number of rotatable bonds is 5. The van der Waals surface area contributed by atoms with Crippen LogP contribution < -0.4 is 5.32 Å². The van der Waals surface area contributed by atoms with Crippen LogP contribution >= 0.6 is 11.8 Å². The van der Waals surface area contributed by atoms with E-state index in [0.717, 1.165) is 10.5 Å². The quantitative estimate of drug-likeness (QED) is 0.842. The normalized spacial score (nSPS) is 11.4. The number of aryl methyl sites for hydroxylation is 2. The highest BCUT2D eigenvalue weighted by molar-refractivity contribution is 7.99. The third kappa shape index (κ3) is 6.52. The predicted octanol–water partition coefficient (Wildman–Crippen LogP) is 3.46. The number of amides is 1. The molecule has 0 atom stereocenters. The Morgan fingerprint density at radius 2 is 1.95 bits per heavy atom. The van der Waals surface area contributed by atoms with E-state index in [0.29, 0.717) is 5.75 Å². The maximum Gasteiger partial charge on any atom is 0.405 e. The van der Waals surface area contributed by atoms with Crippen LogP contribution in [0.2, 0.25) is 0 Å². The first-order chi connectivity index (χ1) is 8.78. The van der Waals surface area contributed by atoms with E-state index in [-0.39, 0.29) is 6.42 Å². The molecular formula is C13H16F3NOS. The fourth-order valence-corrected chi connectivity index (χ4v) is 2.30. The molecule has 1 aromatic carbocycles. The molecule has 0 spiro atoms. The maximum absolute atomic E-state index is 11.9. The molecule has 0 radical (unpaired) electrons. The van der Waals surface area contributed by atoms with Gasteiger partial charge in [0.25, 0.3) is 0 Å². The van der Waals surface area contributed by atoms with Crippen molar-refractivity contribution in [3.8, 4) is 0 Å². The molecule has 106 valence electrons. The van der Waals surface area contributed by atoms with Crippen molar-refractivity contribution >= 4 is 17.7 Å². The van der Waals surface area contributed by atoms with Crippen LogP contribution in [-0.4, -0.2) is 24.4 Å². The third-order valence-electron chi connectivity index (χ3n) is 2.56. The molecule has 6 heteroatoms. The van der Waals surface area contributed by atoms with Gasteiger partial charge in [-0.3, -0.25) is 4.79 Å². The van der Waals surface area contributed by atoms with E-state index in [1.807, 2.05) is 37.4 Å². The van der Waals surface area contributed by atoms with Crippen LogP contribution in [-0.2, 0) is 4.79 Å². The SMILES string of the molecule is Cc1ccc(SCCC(=O)NCC(F)(F)F)cc1C. The molecule has 0 aromatic heterocycles. The minimum absolute atomic E-state index is 0.0771. The van der Waals surface area contributed by atoms with Crippen molar-refractivity contribution in [2.24, 2.45) is 0 Å². The first-order valence-electron chi connectivity index (χ1n) is 5.81. The topological polar surface area (TPSA) is 29.1 Å². The lowest BCUT2D eigenvalue weighted by molar-refractivity contribution is -0.138. The lowest BCUT2D eigenvalue weighted by Gasteiger charge is -2.08. The van der Waals surface area contributed by atoms with Gasteiger partial charge in [0.1, 0.15) is 6.54 Å². The van der Waals surface area contributed by atoms with Gasteiger partial charge in [-0.2, -0.15) is 13.2 Å². The van der Waals surface area contributed by atoms with Crippen molar-refractivity contribution in [3.05, 3.63) is 29.3 Å². The first kappa shape index (κ1) is 15.9. The van der Waals surface area contributed by atoms with Crippen LogP contribution in [0.15, 0.2) is 23.1 Å². The van der Waals surface area contributed by atoms with E-state index < -0.39 is 18.6 Å². The second kappa shape index (κ2) is 6.84. The van der Waals surface area contributed by atoms with Gasteiger partial charge in [-0.25, -0.2) is 0 Å². The van der Waals surface area contributed by atoms with Crippen LogP contribution in [0.4, 0.5) is 13.2 Å². The lowest BCUT2D eigenvalue weighted by atomic mass is 10.1. The number of hydrogen-bond donors (Lipinski definition) is 1. The molecule has 0 fully saturated rings. The van der Waals surface area contributed by atoms with Crippen molar-refractivity contribution < 1.29 is 18.0 Å². The van der Waals surface area contributed by atoms with Crippen molar-refractivity contribution in [1.82, 2.24) is 5.32 Å². The van der Waals surface area contributed by atoms with Crippen LogP contribution in [0.5, 0.6) is 0 Å². The Hall–Kier alpha value is -1.17. The molecular weight excluding hydrogens is 275 g/mol. The summed E-state index contributed by atoms with van der Waals surface area (Å²) in [5.74, 6) is -0.111. The van der Waals surface area contributed by atoms with Gasteiger partial charge in [0.2, 0.25) is 5.91 Å². The minimum atomic E-state index is -4.35. The summed E-state index contributed by atoms with van der Waals surface area (Å²) >= 11 is 1.46. The Labute approximate surface area is 114 Å². The van der Waals surface area contributed by atoms with Gasteiger partial charge in [0.15, 0.2) is 0 Å². The highest BCUT2D eigenvalue weighted by Crippen LogP contribution is 2.21. The van der Waals surface area contributed by atoms with E-state index in [1.54, 1.807) is 0 Å². The van der Waals surface area contributed by atoms with E-state index in [1.165, 1.54) is 17.3 Å². The highest BCUT2D eigenvalue weighted by atomic mass is 32.2. The third-order valence-corrected chi connectivity index (χ3v) is 3.56. The molecule has 1 aromatic rings. The van der Waals surface area contributed by atoms with Gasteiger partial charge in [0, 0.05) is 17.1 Å². The fraction of sp³-hybridized carbons (Fsp3) is 0.462. The molecule has 0 heterocycles. The summed E-state index contributed by atoms with van der Waals surface area (Å²) in [4.78, 5) is 12.2. The van der Waals surface area contributed by atoms with Crippen LogP contribution in [0.1, 0.15) is 17.5 Å². The number of benzene rings is 1. The van der Waals surface area contributed by atoms with Crippen LogP contribution in [0.3, 0.4) is 0 Å². The van der Waals surface area contributed by atoms with Gasteiger partial charge in [-0.05, 0) is 37.1 Å². The van der Waals surface area contributed by atoms with Crippen molar-refractivity contribution in [2.75, 3.05) is 12.3 Å². The monoisotopic (exact) mass is 291 g/mol. The van der Waals surface area contributed by atoms with Crippen molar-refractivity contribution in [3.63, 3.8) is 0 Å². The Morgan fingerprint density at radius 1 is 1.26 bits per heavy atom. The number of thioether (sulfide) groups is 1. The molecule has 19 heavy (non-hydrogen) atoms. The number of carbonyl (C=O) groups is 1. The molecule has 0 bridgehead atoms. The Morgan fingerprint density at radius 3 is 2.53 bits per heavy atom. The number of halogens is 3. The highest BCUT2D eigenvalue weighted by Gasteiger charge is 2.27. The summed E-state index contributed by atoms with van der Waals surface area (Å²) < 4.78 is 35.6. The van der Waals surface area contributed by atoms with Gasteiger partial charge in [-0.15, -0.1) is 11.8 Å². The second-order valence-electron chi connectivity index (χ2n) is 4.24. The molecule has 0 saturated carbocycles. The Kier molecular flexibility index (Phi) is 5.72. The van der Waals surface area contributed by atoms with Gasteiger partial charge < -0.3 is 5.32 Å². The summed E-state index contributed by atoms with van der Waals surface area (Å²) in [6.07, 6.45) is -4.27. The summed E-state index contributed by atoms with van der Waals surface area (Å²) in [5, 5.41) is 1.85. The standard InChI is InChI=1S/C13H16F3NOS/c1-9-3-4-11(7-10(9)2)19-6-5-12(18)17-8-13(14,15)16/h3-4,7H,5-6,8H2,1-2H3,(H,17,18). The largest absolute Gasteiger partial charge is 0.405 e. The van der Waals surface area contributed by atoms with Crippen molar-refractivity contribution in [2.45, 2.75) is 31.3 Å². The molecule has 2 nitrogen and oxygen atoms in total. The summed E-state index contributed by atoms with van der Waals surface area (Å²) in [5.41, 5.74) is 2.35. The number of nitrogens with one attached hydrogen (secondary N) is 1. The molecule has 1 amide bonds. The molecule has 1 rings (SSSR count). The Balaban J connectivity index is 2.30.